The van der Waals surface area contributed by atoms with Crippen molar-refractivity contribution in [3.05, 3.63) is 35.9 Å². The summed E-state index contributed by atoms with van der Waals surface area (Å²) in [5, 5.41) is 2.75. The van der Waals surface area contributed by atoms with E-state index in [0.29, 0.717) is 5.92 Å². The van der Waals surface area contributed by atoms with Crippen LogP contribution in [-0.2, 0) is 16.1 Å². The predicted molar refractivity (Wildman–Crippen MR) is 93.4 cm³/mol. The van der Waals surface area contributed by atoms with Crippen molar-refractivity contribution in [3.8, 4) is 0 Å². The molecule has 0 spiro atoms. The molecule has 5 heteroatoms. The van der Waals surface area contributed by atoms with Crippen LogP contribution >= 0.6 is 0 Å². The predicted octanol–water partition coefficient (Wildman–Crippen LogP) is 3.20. The smallest absolute Gasteiger partial charge is 0.408 e. The van der Waals surface area contributed by atoms with E-state index in [0.717, 1.165) is 31.5 Å². The first-order valence-corrected chi connectivity index (χ1v) is 8.73. The van der Waals surface area contributed by atoms with Gasteiger partial charge in [0.25, 0.3) is 0 Å². The number of likely N-dealkylation sites (tertiary alicyclic amines) is 1. The van der Waals surface area contributed by atoms with Crippen LogP contribution in [0.5, 0.6) is 0 Å². The topological polar surface area (TPSA) is 58.6 Å². The van der Waals surface area contributed by atoms with Crippen molar-refractivity contribution in [2.24, 2.45) is 11.8 Å². The molecule has 1 aromatic rings. The van der Waals surface area contributed by atoms with Gasteiger partial charge < -0.3 is 15.0 Å². The number of alkyl carbamates (subject to hydrolysis) is 1. The molecule has 1 N–H and O–H groups in total. The van der Waals surface area contributed by atoms with Crippen molar-refractivity contribution in [2.45, 2.75) is 46.3 Å². The molecule has 2 unspecified atom stereocenters. The number of carbonyl (C=O) groups is 2. The van der Waals surface area contributed by atoms with E-state index >= 15 is 0 Å². The molecule has 24 heavy (non-hydrogen) atoms. The Morgan fingerprint density at radius 1 is 1.29 bits per heavy atom. The summed E-state index contributed by atoms with van der Waals surface area (Å²) in [6, 6.07) is 8.96. The fourth-order valence-electron chi connectivity index (χ4n) is 2.99. The number of nitrogens with one attached hydrogen (secondary N) is 1. The van der Waals surface area contributed by atoms with Gasteiger partial charge in [-0.15, -0.1) is 0 Å². The molecule has 5 nitrogen and oxygen atoms in total. The number of benzene rings is 1. The minimum atomic E-state index is -0.545. The summed E-state index contributed by atoms with van der Waals surface area (Å²) < 4.78 is 5.25. The maximum absolute atomic E-state index is 12.8. The second kappa shape index (κ2) is 8.71. The van der Waals surface area contributed by atoms with E-state index in [4.69, 9.17) is 4.74 Å². The Bertz CT molecular complexity index is 545. The third-order valence-electron chi connectivity index (χ3n) is 4.39. The van der Waals surface area contributed by atoms with Crippen LogP contribution in [0.1, 0.15) is 39.2 Å². The van der Waals surface area contributed by atoms with Crippen LogP contribution in [0, 0.1) is 11.8 Å². The molecular formula is C19H28N2O3. The van der Waals surface area contributed by atoms with Crippen molar-refractivity contribution in [3.63, 3.8) is 0 Å². The van der Waals surface area contributed by atoms with E-state index in [1.54, 1.807) is 0 Å². The molecule has 1 heterocycles. The number of rotatable bonds is 5. The Labute approximate surface area is 144 Å². The highest BCUT2D eigenvalue weighted by atomic mass is 16.5. The Balaban J connectivity index is 1.90. The molecule has 1 saturated heterocycles. The molecular weight excluding hydrogens is 304 g/mol. The van der Waals surface area contributed by atoms with Crippen LogP contribution in [0.3, 0.4) is 0 Å². The first-order valence-electron chi connectivity index (χ1n) is 8.73. The molecule has 0 aliphatic carbocycles. The molecule has 1 aliphatic rings. The van der Waals surface area contributed by atoms with Gasteiger partial charge >= 0.3 is 6.09 Å². The number of amides is 2. The quantitative estimate of drug-likeness (QED) is 0.901. The SMILES string of the molecule is CC1CCCN(C(=O)C(NC(=O)OCc2ccccc2)C(C)C)C1. The average Bonchev–Trinajstić information content (AvgIpc) is 2.58. The Hall–Kier alpha value is -2.04. The lowest BCUT2D eigenvalue weighted by Gasteiger charge is -2.34. The zero-order valence-corrected chi connectivity index (χ0v) is 14.8. The van der Waals surface area contributed by atoms with Gasteiger partial charge in [0, 0.05) is 13.1 Å². The van der Waals surface area contributed by atoms with Crippen LogP contribution in [0.2, 0.25) is 0 Å². The lowest BCUT2D eigenvalue weighted by molar-refractivity contribution is -0.136. The molecule has 0 radical (unpaired) electrons. The van der Waals surface area contributed by atoms with E-state index in [1.807, 2.05) is 49.1 Å². The molecule has 0 saturated carbocycles. The number of carbonyl (C=O) groups excluding carboxylic acids is 2. The van der Waals surface area contributed by atoms with Gasteiger partial charge in [0.1, 0.15) is 12.6 Å². The largest absolute Gasteiger partial charge is 0.445 e. The fraction of sp³-hybridized carbons (Fsp3) is 0.579. The summed E-state index contributed by atoms with van der Waals surface area (Å²) in [7, 11) is 0. The molecule has 0 aromatic heterocycles. The molecule has 2 amide bonds. The third kappa shape index (κ3) is 5.25. The van der Waals surface area contributed by atoms with Gasteiger partial charge in [-0.05, 0) is 30.2 Å². The first kappa shape index (κ1) is 18.3. The van der Waals surface area contributed by atoms with E-state index in [-0.39, 0.29) is 18.4 Å². The number of ether oxygens (including phenoxy) is 1. The summed E-state index contributed by atoms with van der Waals surface area (Å²) in [6.45, 7) is 7.77. The monoisotopic (exact) mass is 332 g/mol. The molecule has 1 fully saturated rings. The van der Waals surface area contributed by atoms with Gasteiger partial charge in [-0.25, -0.2) is 4.79 Å². The summed E-state index contributed by atoms with van der Waals surface area (Å²) >= 11 is 0. The maximum Gasteiger partial charge on any atom is 0.408 e. The number of nitrogens with zero attached hydrogens (tertiary/aromatic N) is 1. The van der Waals surface area contributed by atoms with Crippen molar-refractivity contribution in [2.75, 3.05) is 13.1 Å². The van der Waals surface area contributed by atoms with Crippen LogP contribution in [0.25, 0.3) is 0 Å². The Kier molecular flexibility index (Phi) is 6.64. The highest BCUT2D eigenvalue weighted by Gasteiger charge is 2.31. The van der Waals surface area contributed by atoms with Gasteiger partial charge in [0.05, 0.1) is 0 Å². The van der Waals surface area contributed by atoms with Crippen molar-refractivity contribution >= 4 is 12.0 Å². The van der Waals surface area contributed by atoms with Crippen molar-refractivity contribution in [1.82, 2.24) is 10.2 Å². The number of piperidine rings is 1. The minimum Gasteiger partial charge on any atom is -0.445 e. The maximum atomic E-state index is 12.8. The zero-order valence-electron chi connectivity index (χ0n) is 14.8. The summed E-state index contributed by atoms with van der Waals surface area (Å²) in [5.41, 5.74) is 0.921. The lowest BCUT2D eigenvalue weighted by atomic mass is 9.97. The third-order valence-corrected chi connectivity index (χ3v) is 4.39. The average molecular weight is 332 g/mol. The minimum absolute atomic E-state index is 0.00629. The Morgan fingerprint density at radius 2 is 2.00 bits per heavy atom. The van der Waals surface area contributed by atoms with E-state index < -0.39 is 12.1 Å². The highest BCUT2D eigenvalue weighted by molar-refractivity contribution is 5.86. The first-order chi connectivity index (χ1) is 11.5. The van der Waals surface area contributed by atoms with Crippen LogP contribution in [0.4, 0.5) is 4.79 Å². The van der Waals surface area contributed by atoms with Gasteiger partial charge in [0.2, 0.25) is 5.91 Å². The summed E-state index contributed by atoms with van der Waals surface area (Å²) in [4.78, 5) is 26.7. The molecule has 132 valence electrons. The van der Waals surface area contributed by atoms with E-state index in [9.17, 15) is 9.59 Å². The molecule has 2 atom stereocenters. The van der Waals surface area contributed by atoms with E-state index in [1.165, 1.54) is 0 Å². The second-order valence-electron chi connectivity index (χ2n) is 6.96. The molecule has 1 aromatic carbocycles. The standard InChI is InChI=1S/C19H28N2O3/c1-14(2)17(18(22)21-11-7-8-15(3)12-21)20-19(23)24-13-16-9-5-4-6-10-16/h4-6,9-10,14-15,17H,7-8,11-13H2,1-3H3,(H,20,23). The van der Waals surface area contributed by atoms with Crippen LogP contribution in [0.15, 0.2) is 30.3 Å². The Morgan fingerprint density at radius 3 is 2.62 bits per heavy atom. The lowest BCUT2D eigenvalue weighted by Crippen LogP contribution is -2.53. The van der Waals surface area contributed by atoms with Crippen molar-refractivity contribution < 1.29 is 14.3 Å². The zero-order chi connectivity index (χ0) is 17.5. The second-order valence-corrected chi connectivity index (χ2v) is 6.96. The van der Waals surface area contributed by atoms with Crippen LogP contribution < -0.4 is 5.32 Å². The normalized spacial score (nSPS) is 19.0. The van der Waals surface area contributed by atoms with Crippen LogP contribution in [-0.4, -0.2) is 36.0 Å². The van der Waals surface area contributed by atoms with Gasteiger partial charge in [-0.3, -0.25) is 4.79 Å². The fourth-order valence-corrected chi connectivity index (χ4v) is 2.99. The number of hydrogen-bond donors (Lipinski definition) is 1. The van der Waals surface area contributed by atoms with Gasteiger partial charge in [-0.1, -0.05) is 51.1 Å². The number of hydrogen-bond acceptors (Lipinski definition) is 3. The van der Waals surface area contributed by atoms with Gasteiger partial charge in [0.15, 0.2) is 0 Å². The highest BCUT2D eigenvalue weighted by Crippen LogP contribution is 2.18. The molecule has 1 aliphatic heterocycles. The summed E-state index contributed by atoms with van der Waals surface area (Å²) in [6.07, 6.45) is 1.63. The van der Waals surface area contributed by atoms with Gasteiger partial charge in [-0.2, -0.15) is 0 Å². The molecule has 0 bridgehead atoms. The molecule has 2 rings (SSSR count). The van der Waals surface area contributed by atoms with E-state index in [2.05, 4.69) is 12.2 Å². The summed E-state index contributed by atoms with van der Waals surface area (Å²) in [5.74, 6) is 0.521. The van der Waals surface area contributed by atoms with Crippen molar-refractivity contribution in [1.29, 1.82) is 0 Å².